The van der Waals surface area contributed by atoms with E-state index < -0.39 is 26.6 Å². The van der Waals surface area contributed by atoms with Crippen molar-refractivity contribution < 1.29 is 18.0 Å². The molecule has 2 fully saturated rings. The van der Waals surface area contributed by atoms with Crippen LogP contribution < -0.4 is 4.72 Å². The zero-order valence-corrected chi connectivity index (χ0v) is 15.7. The summed E-state index contributed by atoms with van der Waals surface area (Å²) >= 11 is 0. The Morgan fingerprint density at radius 2 is 1.92 bits per heavy atom. The number of nitrogens with one attached hydrogen (secondary N) is 1. The van der Waals surface area contributed by atoms with Gasteiger partial charge in [0.05, 0.1) is 10.7 Å². The van der Waals surface area contributed by atoms with Crippen LogP contribution >= 0.6 is 0 Å². The van der Waals surface area contributed by atoms with E-state index in [2.05, 4.69) is 4.72 Å². The highest BCUT2D eigenvalue weighted by Gasteiger charge is 2.43. The van der Waals surface area contributed by atoms with Crippen molar-refractivity contribution in [3.63, 3.8) is 0 Å². The van der Waals surface area contributed by atoms with E-state index in [9.17, 15) is 18.0 Å². The number of sulfonamides is 1. The van der Waals surface area contributed by atoms with Crippen LogP contribution in [0, 0.1) is 5.41 Å². The average Bonchev–Trinajstić information content (AvgIpc) is 3.46. The molecule has 140 valence electrons. The monoisotopic (exact) mass is 376 g/mol. The van der Waals surface area contributed by atoms with Crippen LogP contribution in [-0.2, 0) is 19.6 Å². The molecule has 1 aliphatic heterocycles. The zero-order valence-electron chi connectivity index (χ0n) is 14.8. The van der Waals surface area contributed by atoms with Crippen molar-refractivity contribution in [3.05, 3.63) is 42.0 Å². The number of rotatable bonds is 5. The van der Waals surface area contributed by atoms with E-state index in [0.29, 0.717) is 32.2 Å². The Bertz CT molecular complexity index is 815. The molecule has 0 bridgehead atoms. The fourth-order valence-electron chi connectivity index (χ4n) is 3.16. The van der Waals surface area contributed by atoms with Crippen LogP contribution in [0.1, 0.15) is 38.2 Å². The second-order valence-electron chi connectivity index (χ2n) is 7.34. The Balaban J connectivity index is 1.64. The van der Waals surface area contributed by atoms with Gasteiger partial charge < -0.3 is 4.90 Å². The van der Waals surface area contributed by atoms with Crippen LogP contribution in [0.25, 0.3) is 6.08 Å². The summed E-state index contributed by atoms with van der Waals surface area (Å²) in [5.74, 6) is -0.674. The molecule has 2 aliphatic rings. The van der Waals surface area contributed by atoms with Gasteiger partial charge in [-0.2, -0.15) is 0 Å². The first-order chi connectivity index (χ1) is 12.3. The third-order valence-corrected chi connectivity index (χ3v) is 6.79. The van der Waals surface area contributed by atoms with Gasteiger partial charge in [0.15, 0.2) is 0 Å². The van der Waals surface area contributed by atoms with E-state index in [1.54, 1.807) is 17.9 Å². The van der Waals surface area contributed by atoms with Crippen LogP contribution in [0.2, 0.25) is 0 Å². The van der Waals surface area contributed by atoms with E-state index in [4.69, 9.17) is 0 Å². The van der Waals surface area contributed by atoms with Crippen LogP contribution in [0.4, 0.5) is 0 Å². The van der Waals surface area contributed by atoms with E-state index in [0.717, 1.165) is 5.56 Å². The maximum atomic E-state index is 12.6. The molecule has 26 heavy (non-hydrogen) atoms. The number of carbonyl (C=O) groups is 2. The van der Waals surface area contributed by atoms with Crippen molar-refractivity contribution in [1.82, 2.24) is 9.62 Å². The van der Waals surface area contributed by atoms with Crippen molar-refractivity contribution in [3.8, 4) is 0 Å². The Hall–Kier alpha value is -2.15. The summed E-state index contributed by atoms with van der Waals surface area (Å²) in [5.41, 5.74) is 0.0325. The van der Waals surface area contributed by atoms with E-state index in [-0.39, 0.29) is 12.5 Å². The predicted molar refractivity (Wildman–Crippen MR) is 99.5 cm³/mol. The lowest BCUT2D eigenvalue weighted by Crippen LogP contribution is -2.53. The average molecular weight is 376 g/mol. The summed E-state index contributed by atoms with van der Waals surface area (Å²) in [4.78, 5) is 26.7. The van der Waals surface area contributed by atoms with Crippen LogP contribution in [0.15, 0.2) is 36.4 Å². The lowest BCUT2D eigenvalue weighted by Gasteiger charge is -2.38. The Labute approximate surface area is 154 Å². The van der Waals surface area contributed by atoms with Crippen molar-refractivity contribution in [2.75, 3.05) is 13.1 Å². The van der Waals surface area contributed by atoms with Crippen LogP contribution in [0.5, 0.6) is 0 Å². The molecule has 1 N–H and O–H groups in total. The molecule has 1 aromatic carbocycles. The van der Waals surface area contributed by atoms with Crippen molar-refractivity contribution >= 4 is 27.9 Å². The summed E-state index contributed by atoms with van der Waals surface area (Å²) in [6, 6.07) is 9.50. The van der Waals surface area contributed by atoms with Gasteiger partial charge in [-0.15, -0.1) is 0 Å². The Kier molecular flexibility index (Phi) is 5.18. The first-order valence-electron chi connectivity index (χ1n) is 8.88. The summed E-state index contributed by atoms with van der Waals surface area (Å²) < 4.78 is 26.3. The molecule has 1 saturated carbocycles. The number of hydrogen-bond donors (Lipinski definition) is 1. The molecule has 0 aromatic heterocycles. The standard InChI is InChI=1S/C19H24N2O4S/c1-19(18(23)20-26(24,25)16-9-10-16)12-5-13-21(14-19)17(22)11-8-15-6-3-2-4-7-15/h2-4,6-8,11,16H,5,9-10,12-14H2,1H3,(H,20,23)/b11-8+. The smallest absolute Gasteiger partial charge is 0.246 e. The summed E-state index contributed by atoms with van der Waals surface area (Å²) in [7, 11) is -3.57. The van der Waals surface area contributed by atoms with Gasteiger partial charge in [0.2, 0.25) is 21.8 Å². The molecule has 7 heteroatoms. The molecule has 1 saturated heterocycles. The molecule has 1 unspecified atom stereocenters. The SMILES string of the molecule is CC1(C(=O)NS(=O)(=O)C2CC2)CCCN(C(=O)/C=C/c2ccccc2)C1. The van der Waals surface area contributed by atoms with Gasteiger partial charge in [-0.25, -0.2) is 8.42 Å². The normalized spacial score (nSPS) is 23.8. The minimum atomic E-state index is -3.57. The first-order valence-corrected chi connectivity index (χ1v) is 10.4. The third-order valence-electron chi connectivity index (χ3n) is 4.97. The molecular weight excluding hydrogens is 352 g/mol. The van der Waals surface area contributed by atoms with Crippen molar-refractivity contribution in [1.29, 1.82) is 0 Å². The topological polar surface area (TPSA) is 83.6 Å². The van der Waals surface area contributed by atoms with Crippen molar-refractivity contribution in [2.24, 2.45) is 5.41 Å². The van der Waals surface area contributed by atoms with E-state index >= 15 is 0 Å². The van der Waals surface area contributed by atoms with Gasteiger partial charge in [-0.05, 0) is 44.2 Å². The maximum Gasteiger partial charge on any atom is 0.246 e. The third kappa shape index (κ3) is 4.33. The maximum absolute atomic E-state index is 12.6. The number of benzene rings is 1. The molecule has 1 aliphatic carbocycles. The Morgan fingerprint density at radius 3 is 2.58 bits per heavy atom. The summed E-state index contributed by atoms with van der Waals surface area (Å²) in [5, 5.41) is -0.440. The molecule has 0 radical (unpaired) electrons. The van der Waals surface area contributed by atoms with Gasteiger partial charge in [-0.3, -0.25) is 14.3 Å². The number of nitrogens with zero attached hydrogens (tertiary/aromatic N) is 1. The second kappa shape index (κ2) is 7.23. The number of hydrogen-bond acceptors (Lipinski definition) is 4. The molecule has 1 heterocycles. The highest BCUT2D eigenvalue weighted by Crippen LogP contribution is 2.32. The number of amides is 2. The number of piperidine rings is 1. The highest BCUT2D eigenvalue weighted by atomic mass is 32.2. The van der Waals surface area contributed by atoms with Gasteiger partial charge >= 0.3 is 0 Å². The highest BCUT2D eigenvalue weighted by molar-refractivity contribution is 7.90. The first kappa shape index (κ1) is 18.6. The van der Waals surface area contributed by atoms with E-state index in [1.165, 1.54) is 6.08 Å². The lowest BCUT2D eigenvalue weighted by atomic mass is 9.81. The number of likely N-dealkylation sites (tertiary alicyclic amines) is 1. The molecule has 2 amide bonds. The predicted octanol–water partition coefficient (Wildman–Crippen LogP) is 1.94. The quantitative estimate of drug-likeness (QED) is 0.796. The van der Waals surface area contributed by atoms with Gasteiger partial charge in [-0.1, -0.05) is 30.3 Å². The van der Waals surface area contributed by atoms with Crippen molar-refractivity contribution in [2.45, 2.75) is 37.9 Å². The fourth-order valence-corrected chi connectivity index (χ4v) is 4.59. The van der Waals surface area contributed by atoms with Gasteiger partial charge in [0.25, 0.3) is 0 Å². The fraction of sp³-hybridized carbons (Fsp3) is 0.474. The van der Waals surface area contributed by atoms with Gasteiger partial charge in [0.1, 0.15) is 0 Å². The number of carbonyl (C=O) groups excluding carboxylic acids is 2. The molecule has 0 spiro atoms. The minimum Gasteiger partial charge on any atom is -0.338 e. The van der Waals surface area contributed by atoms with Crippen LogP contribution in [0.3, 0.4) is 0 Å². The zero-order chi connectivity index (χ0) is 18.8. The second-order valence-corrected chi connectivity index (χ2v) is 9.30. The summed E-state index contributed by atoms with van der Waals surface area (Å²) in [6.07, 6.45) is 5.68. The van der Waals surface area contributed by atoms with E-state index in [1.807, 2.05) is 30.3 Å². The minimum absolute atomic E-state index is 0.169. The summed E-state index contributed by atoms with van der Waals surface area (Å²) in [6.45, 7) is 2.51. The molecule has 6 nitrogen and oxygen atoms in total. The molecule has 1 atom stereocenters. The largest absolute Gasteiger partial charge is 0.338 e. The van der Waals surface area contributed by atoms with Crippen LogP contribution in [-0.4, -0.2) is 43.5 Å². The Morgan fingerprint density at radius 1 is 1.23 bits per heavy atom. The lowest BCUT2D eigenvalue weighted by molar-refractivity contribution is -0.136. The molecule has 1 aromatic rings. The molecule has 3 rings (SSSR count). The van der Waals surface area contributed by atoms with Gasteiger partial charge in [0, 0.05) is 19.2 Å². The molecular formula is C19H24N2O4S.